The molecular weight excluding hydrogens is 280 g/mol. The molecule has 0 saturated carbocycles. The lowest BCUT2D eigenvalue weighted by molar-refractivity contribution is -0.156. The van der Waals surface area contributed by atoms with Crippen LogP contribution in [-0.4, -0.2) is 49.3 Å². The summed E-state index contributed by atoms with van der Waals surface area (Å²) in [6.07, 6.45) is 0.839. The lowest BCUT2D eigenvalue weighted by Crippen LogP contribution is -2.53. The van der Waals surface area contributed by atoms with Gasteiger partial charge in [-0.1, -0.05) is 24.3 Å². The van der Waals surface area contributed by atoms with E-state index in [1.165, 1.54) is 11.1 Å². The summed E-state index contributed by atoms with van der Waals surface area (Å²) in [5.41, 5.74) is 8.65. The largest absolute Gasteiger partial charge is 0.377 e. The molecule has 1 amide bonds. The summed E-state index contributed by atoms with van der Waals surface area (Å²) >= 11 is 0. The highest BCUT2D eigenvalue weighted by Crippen LogP contribution is 2.30. The van der Waals surface area contributed by atoms with Crippen LogP contribution in [-0.2, 0) is 20.7 Å². The number of amides is 1. The molecular formula is C17H24N2O3. The number of benzene rings is 1. The fraction of sp³-hybridized carbons (Fsp3) is 0.588. The minimum absolute atomic E-state index is 0.0482. The molecule has 0 bridgehead atoms. The Morgan fingerprint density at radius 1 is 1.41 bits per heavy atom. The van der Waals surface area contributed by atoms with Crippen LogP contribution >= 0.6 is 0 Å². The molecule has 0 unspecified atom stereocenters. The molecule has 0 spiro atoms. The van der Waals surface area contributed by atoms with Crippen LogP contribution in [0.3, 0.4) is 0 Å². The first-order chi connectivity index (χ1) is 10.6. The molecule has 120 valence electrons. The average molecular weight is 304 g/mol. The number of carbonyl (C=O) groups is 1. The topological polar surface area (TPSA) is 64.8 Å². The van der Waals surface area contributed by atoms with Gasteiger partial charge in [-0.25, -0.2) is 0 Å². The predicted octanol–water partition coefficient (Wildman–Crippen LogP) is 1.26. The maximum Gasteiger partial charge on any atom is 0.252 e. The van der Waals surface area contributed by atoms with Crippen molar-refractivity contribution in [2.24, 2.45) is 5.73 Å². The minimum Gasteiger partial charge on any atom is -0.377 e. The Labute approximate surface area is 131 Å². The van der Waals surface area contributed by atoms with Gasteiger partial charge in [-0.15, -0.1) is 0 Å². The summed E-state index contributed by atoms with van der Waals surface area (Å²) < 4.78 is 11.0. The molecule has 1 saturated heterocycles. The molecule has 5 heteroatoms. The van der Waals surface area contributed by atoms with Gasteiger partial charge in [0.15, 0.2) is 0 Å². The minimum atomic E-state index is -0.450. The molecule has 2 N–H and O–H groups in total. The van der Waals surface area contributed by atoms with Crippen LogP contribution in [0, 0.1) is 0 Å². The van der Waals surface area contributed by atoms with Crippen LogP contribution in [0.15, 0.2) is 24.3 Å². The van der Waals surface area contributed by atoms with Gasteiger partial charge in [-0.3, -0.25) is 4.79 Å². The lowest BCUT2D eigenvalue weighted by Gasteiger charge is -2.40. The number of hydrogen-bond acceptors (Lipinski definition) is 4. The van der Waals surface area contributed by atoms with Crippen molar-refractivity contribution >= 4 is 5.91 Å². The summed E-state index contributed by atoms with van der Waals surface area (Å²) in [7, 11) is 1.62. The van der Waals surface area contributed by atoms with Crippen LogP contribution in [0.25, 0.3) is 0 Å². The van der Waals surface area contributed by atoms with E-state index in [1.807, 2.05) is 11.0 Å². The smallest absolute Gasteiger partial charge is 0.252 e. The predicted molar refractivity (Wildman–Crippen MR) is 83.4 cm³/mol. The van der Waals surface area contributed by atoms with Gasteiger partial charge in [0.25, 0.3) is 5.91 Å². The lowest BCUT2D eigenvalue weighted by atomic mass is 9.92. The van der Waals surface area contributed by atoms with Gasteiger partial charge in [-0.2, -0.15) is 0 Å². The molecule has 0 aromatic heterocycles. The first-order valence-corrected chi connectivity index (χ1v) is 7.90. The molecule has 0 aliphatic carbocycles. The van der Waals surface area contributed by atoms with E-state index in [0.717, 1.165) is 13.0 Å². The Bertz CT molecular complexity index is 548. The third-order valence-electron chi connectivity index (χ3n) is 4.88. The molecule has 2 heterocycles. The number of ether oxygens (including phenoxy) is 2. The molecule has 1 aromatic rings. The Morgan fingerprint density at radius 2 is 2.18 bits per heavy atom. The Hall–Kier alpha value is -1.43. The molecule has 2 aliphatic heterocycles. The number of nitrogens with two attached hydrogens (primary N) is 1. The number of methoxy groups -OCH3 is 1. The maximum absolute atomic E-state index is 12.8. The first-order valence-electron chi connectivity index (χ1n) is 7.90. The van der Waals surface area contributed by atoms with E-state index in [1.54, 1.807) is 7.11 Å². The average Bonchev–Trinajstić information content (AvgIpc) is 2.55. The van der Waals surface area contributed by atoms with E-state index in [2.05, 4.69) is 25.1 Å². The molecule has 1 fully saturated rings. The summed E-state index contributed by atoms with van der Waals surface area (Å²) in [4.78, 5) is 14.7. The highest BCUT2D eigenvalue weighted by Gasteiger charge is 2.37. The number of rotatable bonds is 2. The van der Waals surface area contributed by atoms with Crippen molar-refractivity contribution in [3.8, 4) is 0 Å². The second-order valence-corrected chi connectivity index (χ2v) is 6.15. The van der Waals surface area contributed by atoms with Crippen LogP contribution in [0.4, 0.5) is 0 Å². The van der Waals surface area contributed by atoms with Gasteiger partial charge in [0.1, 0.15) is 6.10 Å². The Balaban J connectivity index is 1.71. The van der Waals surface area contributed by atoms with Crippen LogP contribution in [0.1, 0.15) is 30.5 Å². The van der Waals surface area contributed by atoms with E-state index >= 15 is 0 Å². The van der Waals surface area contributed by atoms with Crippen molar-refractivity contribution in [1.29, 1.82) is 0 Å². The van der Waals surface area contributed by atoms with Gasteiger partial charge in [0.05, 0.1) is 18.8 Å². The van der Waals surface area contributed by atoms with Crippen molar-refractivity contribution < 1.29 is 14.3 Å². The van der Waals surface area contributed by atoms with Crippen LogP contribution < -0.4 is 5.73 Å². The van der Waals surface area contributed by atoms with Gasteiger partial charge in [0.2, 0.25) is 0 Å². The highest BCUT2D eigenvalue weighted by molar-refractivity contribution is 5.82. The molecule has 4 atom stereocenters. The van der Waals surface area contributed by atoms with Crippen molar-refractivity contribution in [2.75, 3.05) is 20.3 Å². The quantitative estimate of drug-likeness (QED) is 0.893. The molecule has 0 radical (unpaired) electrons. The third-order valence-corrected chi connectivity index (χ3v) is 4.88. The number of hydrogen-bond donors (Lipinski definition) is 1. The normalized spacial score (nSPS) is 31.7. The number of fused-ring (bicyclic) bond motifs is 1. The van der Waals surface area contributed by atoms with Crippen LogP contribution in [0.2, 0.25) is 0 Å². The summed E-state index contributed by atoms with van der Waals surface area (Å²) in [5.74, 6) is 0.0482. The highest BCUT2D eigenvalue weighted by atomic mass is 16.5. The molecule has 1 aromatic carbocycles. The zero-order valence-corrected chi connectivity index (χ0v) is 13.2. The molecule has 5 nitrogen and oxygen atoms in total. The summed E-state index contributed by atoms with van der Waals surface area (Å²) in [5, 5.41) is 0. The zero-order valence-electron chi connectivity index (χ0n) is 13.2. The molecule has 22 heavy (non-hydrogen) atoms. The SMILES string of the molecule is CO[C@H]1CO[C@@H](C(=O)N2CCc3ccccc3[C@@H]2C)C[C@@H]1N. The Kier molecular flexibility index (Phi) is 4.47. The van der Waals surface area contributed by atoms with Gasteiger partial charge >= 0.3 is 0 Å². The van der Waals surface area contributed by atoms with E-state index in [4.69, 9.17) is 15.2 Å². The first kappa shape index (κ1) is 15.5. The maximum atomic E-state index is 12.8. The Morgan fingerprint density at radius 3 is 2.91 bits per heavy atom. The second kappa shape index (κ2) is 6.36. The molecule has 2 aliphatic rings. The monoisotopic (exact) mass is 304 g/mol. The summed E-state index contributed by atoms with van der Waals surface area (Å²) in [6.45, 7) is 3.20. The van der Waals surface area contributed by atoms with E-state index in [-0.39, 0.29) is 24.1 Å². The summed E-state index contributed by atoms with van der Waals surface area (Å²) in [6, 6.07) is 8.26. The number of nitrogens with zero attached hydrogens (tertiary/aromatic N) is 1. The van der Waals surface area contributed by atoms with Gasteiger partial charge in [0, 0.05) is 26.1 Å². The molecule has 3 rings (SSSR count). The fourth-order valence-electron chi connectivity index (χ4n) is 3.47. The number of carbonyl (C=O) groups excluding carboxylic acids is 1. The van der Waals surface area contributed by atoms with Crippen LogP contribution in [0.5, 0.6) is 0 Å². The van der Waals surface area contributed by atoms with Crippen molar-refractivity contribution in [1.82, 2.24) is 4.90 Å². The van der Waals surface area contributed by atoms with Gasteiger partial charge in [-0.05, 0) is 24.5 Å². The van der Waals surface area contributed by atoms with Gasteiger partial charge < -0.3 is 20.1 Å². The van der Waals surface area contributed by atoms with Crippen molar-refractivity contribution in [2.45, 2.75) is 44.1 Å². The van der Waals surface area contributed by atoms with E-state index in [9.17, 15) is 4.79 Å². The van der Waals surface area contributed by atoms with Crippen molar-refractivity contribution in [3.63, 3.8) is 0 Å². The van der Waals surface area contributed by atoms with Crippen molar-refractivity contribution in [3.05, 3.63) is 35.4 Å². The fourth-order valence-corrected chi connectivity index (χ4v) is 3.47. The second-order valence-electron chi connectivity index (χ2n) is 6.15. The zero-order chi connectivity index (χ0) is 15.7. The third kappa shape index (κ3) is 2.76. The van der Waals surface area contributed by atoms with E-state index in [0.29, 0.717) is 13.0 Å². The van der Waals surface area contributed by atoms with E-state index < -0.39 is 6.10 Å². The standard InChI is InChI=1S/C17H24N2O3/c1-11-13-6-4-3-5-12(13)7-8-19(11)17(20)15-9-14(18)16(21-2)10-22-15/h3-6,11,14-16H,7-10,18H2,1-2H3/t11-,14-,15+,16-/m0/s1.